The van der Waals surface area contributed by atoms with Crippen molar-refractivity contribution < 1.29 is 9.53 Å². The molecule has 1 fully saturated rings. The molecule has 2 aliphatic rings. The van der Waals surface area contributed by atoms with Crippen molar-refractivity contribution in [1.29, 1.82) is 0 Å². The van der Waals surface area contributed by atoms with E-state index in [-0.39, 0.29) is 5.91 Å². The van der Waals surface area contributed by atoms with Gasteiger partial charge in [-0.3, -0.25) is 4.79 Å². The van der Waals surface area contributed by atoms with Crippen molar-refractivity contribution >= 4 is 11.7 Å². The number of carbonyl (C=O) groups is 1. The molecular formula is C16H21N5O2. The highest BCUT2D eigenvalue weighted by molar-refractivity contribution is 5.87. The Hall–Kier alpha value is -2.57. The fourth-order valence-electron chi connectivity index (χ4n) is 2.99. The largest absolute Gasteiger partial charge is 0.467 e. The predicted molar refractivity (Wildman–Crippen MR) is 87.0 cm³/mol. The van der Waals surface area contributed by atoms with E-state index in [1.807, 2.05) is 6.20 Å². The number of rotatable bonds is 4. The maximum atomic E-state index is 11.7. The Bertz CT molecular complexity index is 638. The van der Waals surface area contributed by atoms with E-state index in [9.17, 15) is 4.79 Å². The molecule has 0 aliphatic carbocycles. The maximum absolute atomic E-state index is 11.7. The molecule has 1 amide bonds. The van der Waals surface area contributed by atoms with Gasteiger partial charge < -0.3 is 19.4 Å². The van der Waals surface area contributed by atoms with E-state index in [0.717, 1.165) is 43.3 Å². The minimum Gasteiger partial charge on any atom is -0.467 e. The quantitative estimate of drug-likeness (QED) is 0.765. The molecule has 0 atom stereocenters. The smallest absolute Gasteiger partial charge is 0.318 e. The summed E-state index contributed by atoms with van der Waals surface area (Å²) in [7, 11) is 1.58. The zero-order valence-corrected chi connectivity index (χ0v) is 13.4. The highest BCUT2D eigenvalue weighted by atomic mass is 16.5. The third-order valence-corrected chi connectivity index (χ3v) is 4.27. The van der Waals surface area contributed by atoms with Gasteiger partial charge in [-0.25, -0.2) is 0 Å². The standard InChI is InChI=1S/C16H21N5O2/c1-4-14(22)20-6-8-21(9-7-20)15-12-10-19(5-2)11-13(12)17-16(18-15)23-3/h4-5H,1-2,6-11H2,3H3. The summed E-state index contributed by atoms with van der Waals surface area (Å²) in [6.45, 7) is 11.6. The second kappa shape index (κ2) is 6.28. The highest BCUT2D eigenvalue weighted by Gasteiger charge is 2.28. The Labute approximate surface area is 135 Å². The number of hydrogen-bond donors (Lipinski definition) is 0. The summed E-state index contributed by atoms with van der Waals surface area (Å²) < 4.78 is 5.25. The number of fused-ring (bicyclic) bond motifs is 1. The van der Waals surface area contributed by atoms with Gasteiger partial charge in [-0.2, -0.15) is 9.97 Å². The number of carbonyl (C=O) groups excluding carboxylic acids is 1. The number of ether oxygens (including phenoxy) is 1. The summed E-state index contributed by atoms with van der Waals surface area (Å²) in [5.74, 6) is 0.884. The van der Waals surface area contributed by atoms with E-state index in [1.165, 1.54) is 6.08 Å². The molecule has 0 saturated carbocycles. The zero-order chi connectivity index (χ0) is 16.4. The first kappa shape index (κ1) is 15.3. The third kappa shape index (κ3) is 2.86. The molecule has 122 valence electrons. The lowest BCUT2D eigenvalue weighted by atomic mass is 10.2. The lowest BCUT2D eigenvalue weighted by Gasteiger charge is -2.35. The summed E-state index contributed by atoms with van der Waals surface area (Å²) in [4.78, 5) is 26.8. The lowest BCUT2D eigenvalue weighted by Crippen LogP contribution is -2.48. The SMILES string of the molecule is C=CC(=O)N1CCN(c2nc(OC)nc3c2CN(C=C)C3)CC1. The first-order valence-corrected chi connectivity index (χ1v) is 7.63. The average Bonchev–Trinajstić information content (AvgIpc) is 3.03. The summed E-state index contributed by atoms with van der Waals surface area (Å²) in [5.41, 5.74) is 2.10. The minimum atomic E-state index is -0.0204. The molecule has 7 heteroatoms. The number of piperazine rings is 1. The van der Waals surface area contributed by atoms with Gasteiger partial charge in [0.25, 0.3) is 0 Å². The van der Waals surface area contributed by atoms with E-state index in [1.54, 1.807) is 12.0 Å². The van der Waals surface area contributed by atoms with Gasteiger partial charge in [-0.15, -0.1) is 0 Å². The van der Waals surface area contributed by atoms with Crippen LogP contribution in [0.5, 0.6) is 6.01 Å². The van der Waals surface area contributed by atoms with Crippen LogP contribution in [-0.4, -0.2) is 59.0 Å². The number of anilines is 1. The van der Waals surface area contributed by atoms with E-state index >= 15 is 0 Å². The van der Waals surface area contributed by atoms with Crippen molar-refractivity contribution in [3.05, 3.63) is 36.7 Å². The summed E-state index contributed by atoms with van der Waals surface area (Å²) in [6.07, 6.45) is 3.18. The van der Waals surface area contributed by atoms with E-state index in [2.05, 4.69) is 32.9 Å². The zero-order valence-electron chi connectivity index (χ0n) is 13.4. The molecule has 23 heavy (non-hydrogen) atoms. The Morgan fingerprint density at radius 1 is 1.17 bits per heavy atom. The number of methoxy groups -OCH3 is 1. The minimum absolute atomic E-state index is 0.0204. The van der Waals surface area contributed by atoms with Crippen LogP contribution in [0.2, 0.25) is 0 Å². The van der Waals surface area contributed by atoms with Gasteiger partial charge >= 0.3 is 6.01 Å². The van der Waals surface area contributed by atoms with Gasteiger partial charge in [0.05, 0.1) is 19.3 Å². The molecule has 0 bridgehead atoms. The van der Waals surface area contributed by atoms with Crippen molar-refractivity contribution in [3.63, 3.8) is 0 Å². The molecule has 1 aromatic rings. The Morgan fingerprint density at radius 3 is 2.52 bits per heavy atom. The van der Waals surface area contributed by atoms with Crippen molar-refractivity contribution in [2.24, 2.45) is 0 Å². The molecule has 2 aliphatic heterocycles. The predicted octanol–water partition coefficient (Wildman–Crippen LogP) is 0.779. The van der Waals surface area contributed by atoms with Crippen molar-refractivity contribution in [2.45, 2.75) is 13.1 Å². The second-order valence-electron chi connectivity index (χ2n) is 5.56. The van der Waals surface area contributed by atoms with E-state index < -0.39 is 0 Å². The van der Waals surface area contributed by atoms with E-state index in [4.69, 9.17) is 4.74 Å². The lowest BCUT2D eigenvalue weighted by molar-refractivity contribution is -0.126. The van der Waals surface area contributed by atoms with Gasteiger partial charge in [0, 0.05) is 38.3 Å². The number of hydrogen-bond acceptors (Lipinski definition) is 6. The van der Waals surface area contributed by atoms with Crippen molar-refractivity contribution in [2.75, 3.05) is 38.2 Å². The molecule has 0 radical (unpaired) electrons. The summed E-state index contributed by atoms with van der Waals surface area (Å²) in [6, 6.07) is 0.384. The Balaban J connectivity index is 1.84. The Kier molecular flexibility index (Phi) is 4.18. The molecule has 0 unspecified atom stereocenters. The van der Waals surface area contributed by atoms with Crippen molar-refractivity contribution in [3.8, 4) is 6.01 Å². The molecule has 7 nitrogen and oxygen atoms in total. The molecule has 3 rings (SSSR count). The highest BCUT2D eigenvalue weighted by Crippen LogP contribution is 2.31. The van der Waals surface area contributed by atoms with Gasteiger partial charge in [0.15, 0.2) is 0 Å². The Morgan fingerprint density at radius 2 is 1.91 bits per heavy atom. The summed E-state index contributed by atoms with van der Waals surface area (Å²) in [5, 5.41) is 0. The number of amides is 1. The monoisotopic (exact) mass is 315 g/mol. The van der Waals surface area contributed by atoms with Crippen LogP contribution >= 0.6 is 0 Å². The van der Waals surface area contributed by atoms with Crippen LogP contribution in [-0.2, 0) is 17.9 Å². The average molecular weight is 315 g/mol. The van der Waals surface area contributed by atoms with E-state index in [0.29, 0.717) is 19.1 Å². The van der Waals surface area contributed by atoms with Crippen LogP contribution in [0.25, 0.3) is 0 Å². The number of nitrogens with zero attached hydrogens (tertiary/aromatic N) is 5. The third-order valence-electron chi connectivity index (χ3n) is 4.27. The maximum Gasteiger partial charge on any atom is 0.318 e. The van der Waals surface area contributed by atoms with Crippen LogP contribution < -0.4 is 9.64 Å². The van der Waals surface area contributed by atoms with Crippen LogP contribution in [0.3, 0.4) is 0 Å². The van der Waals surface area contributed by atoms with Crippen LogP contribution in [0.15, 0.2) is 25.4 Å². The first-order valence-electron chi connectivity index (χ1n) is 7.63. The van der Waals surface area contributed by atoms with Gasteiger partial charge in [0.1, 0.15) is 5.82 Å². The van der Waals surface area contributed by atoms with Crippen LogP contribution in [0.4, 0.5) is 5.82 Å². The summed E-state index contributed by atoms with van der Waals surface area (Å²) >= 11 is 0. The molecule has 1 saturated heterocycles. The topological polar surface area (TPSA) is 61.8 Å². The van der Waals surface area contributed by atoms with Gasteiger partial charge in [0.2, 0.25) is 5.91 Å². The fraction of sp³-hybridized carbons (Fsp3) is 0.438. The van der Waals surface area contributed by atoms with Gasteiger partial charge in [-0.05, 0) is 12.3 Å². The fourth-order valence-corrected chi connectivity index (χ4v) is 2.99. The van der Waals surface area contributed by atoms with Gasteiger partial charge in [-0.1, -0.05) is 13.2 Å². The van der Waals surface area contributed by atoms with Crippen LogP contribution in [0, 0.1) is 0 Å². The molecule has 0 spiro atoms. The molecule has 0 aromatic carbocycles. The molecule has 3 heterocycles. The molecule has 1 aromatic heterocycles. The second-order valence-corrected chi connectivity index (χ2v) is 5.56. The molecule has 0 N–H and O–H groups in total. The molecular weight excluding hydrogens is 294 g/mol. The number of aromatic nitrogens is 2. The van der Waals surface area contributed by atoms with Crippen LogP contribution in [0.1, 0.15) is 11.3 Å². The normalized spacial score (nSPS) is 17.0. The first-order chi connectivity index (χ1) is 11.2. The van der Waals surface area contributed by atoms with Crippen molar-refractivity contribution in [1.82, 2.24) is 19.8 Å².